The molecule has 47 heavy (non-hydrogen) atoms. The predicted octanol–water partition coefficient (Wildman–Crippen LogP) is 6.55. The molecule has 0 aliphatic carbocycles. The van der Waals surface area contributed by atoms with E-state index in [1.165, 1.54) is 11.6 Å². The minimum absolute atomic E-state index is 0.0175. The van der Waals surface area contributed by atoms with E-state index in [2.05, 4.69) is 102 Å². The lowest BCUT2D eigenvalue weighted by Crippen LogP contribution is -2.46. The van der Waals surface area contributed by atoms with Gasteiger partial charge in [0, 0.05) is 18.0 Å². The molecule has 0 saturated heterocycles. The number of hydrogen-bond donors (Lipinski definition) is 0. The van der Waals surface area contributed by atoms with E-state index in [-0.39, 0.29) is 16.9 Å². The maximum atomic E-state index is 13.3. The quantitative estimate of drug-likeness (QED) is 0.179. The van der Waals surface area contributed by atoms with Crippen molar-refractivity contribution in [2.45, 2.75) is 31.7 Å². The van der Waals surface area contributed by atoms with Gasteiger partial charge >= 0.3 is 6.61 Å². The highest BCUT2D eigenvalue weighted by atomic mass is 19.3. The number of rotatable bonds is 8. The van der Waals surface area contributed by atoms with E-state index in [0.29, 0.717) is 16.8 Å². The number of pyridine rings is 1. The monoisotopic (exact) mass is 627 g/mol. The van der Waals surface area contributed by atoms with Gasteiger partial charge < -0.3 is 14.7 Å². The summed E-state index contributed by atoms with van der Waals surface area (Å²) in [7, 11) is 0. The van der Waals surface area contributed by atoms with Crippen molar-refractivity contribution in [1.82, 2.24) is 9.63 Å². The van der Waals surface area contributed by atoms with Crippen molar-refractivity contribution in [1.29, 1.82) is 0 Å². The Morgan fingerprint density at radius 1 is 0.809 bits per heavy atom. The van der Waals surface area contributed by atoms with Crippen LogP contribution in [0.1, 0.15) is 51.1 Å². The summed E-state index contributed by atoms with van der Waals surface area (Å²) in [6, 6.07) is 42.3. The SMILES string of the molecule is C[C@@H]1c2ccc(-c3ccc4c(=O)c(C(=O)[O-])cn(OC(F)F)c4c3)cc2CN1C(c1ccccc1)(c1ccccc1)c1ccccc1. The number of alkyl halides is 2. The molecular weight excluding hydrogens is 598 g/mol. The molecule has 7 rings (SSSR count). The third kappa shape index (κ3) is 5.07. The molecule has 1 aliphatic rings. The maximum absolute atomic E-state index is 13.3. The molecule has 5 aromatic carbocycles. The molecule has 0 unspecified atom stereocenters. The fourth-order valence-corrected chi connectivity index (χ4v) is 7.06. The number of carboxylic acid groups (broad SMARTS) is 1. The number of carboxylic acids is 1. The first-order valence-corrected chi connectivity index (χ1v) is 15.2. The summed E-state index contributed by atoms with van der Waals surface area (Å²) in [6.07, 6.45) is 0.731. The zero-order valence-corrected chi connectivity index (χ0v) is 25.3. The predicted molar refractivity (Wildman–Crippen MR) is 174 cm³/mol. The number of halogens is 2. The zero-order valence-electron chi connectivity index (χ0n) is 25.3. The second-order valence-electron chi connectivity index (χ2n) is 11.6. The summed E-state index contributed by atoms with van der Waals surface area (Å²) >= 11 is 0. The van der Waals surface area contributed by atoms with Crippen molar-refractivity contribution in [2.24, 2.45) is 0 Å². The van der Waals surface area contributed by atoms with E-state index >= 15 is 0 Å². The molecule has 1 atom stereocenters. The molecule has 0 N–H and O–H groups in total. The molecule has 0 amide bonds. The van der Waals surface area contributed by atoms with Crippen molar-refractivity contribution in [3.63, 3.8) is 0 Å². The van der Waals surface area contributed by atoms with Crippen LogP contribution in [-0.2, 0) is 12.1 Å². The van der Waals surface area contributed by atoms with E-state index in [1.54, 1.807) is 12.1 Å². The number of nitrogens with zero attached hydrogens (tertiary/aromatic N) is 2. The molecule has 0 bridgehead atoms. The Hall–Kier alpha value is -5.60. The summed E-state index contributed by atoms with van der Waals surface area (Å²) in [6.45, 7) is -0.420. The summed E-state index contributed by atoms with van der Waals surface area (Å²) in [5, 5.41) is 11.5. The van der Waals surface area contributed by atoms with Gasteiger partial charge in [-0.15, -0.1) is 0 Å². The Morgan fingerprint density at radius 2 is 1.34 bits per heavy atom. The van der Waals surface area contributed by atoms with Gasteiger partial charge in [0.2, 0.25) is 0 Å². The van der Waals surface area contributed by atoms with E-state index in [1.807, 2.05) is 24.3 Å². The fourth-order valence-electron chi connectivity index (χ4n) is 7.06. The Labute approximate surface area is 269 Å². The Balaban J connectivity index is 1.36. The minimum atomic E-state index is -3.24. The molecule has 0 radical (unpaired) electrons. The summed E-state index contributed by atoms with van der Waals surface area (Å²) in [5.41, 5.74) is 4.95. The third-order valence-corrected chi connectivity index (χ3v) is 9.12. The highest BCUT2D eigenvalue weighted by Gasteiger charge is 2.47. The first-order valence-electron chi connectivity index (χ1n) is 15.2. The van der Waals surface area contributed by atoms with Crippen LogP contribution in [0.5, 0.6) is 0 Å². The minimum Gasteiger partial charge on any atom is -0.545 e. The van der Waals surface area contributed by atoms with Gasteiger partial charge in [0.1, 0.15) is 0 Å². The topological polar surface area (TPSA) is 74.6 Å². The fraction of sp³-hybridized carbons (Fsp3) is 0.128. The standard InChI is InChI=1S/C39H30F2N2O4/c1-25-32-19-17-26(27-18-20-33-35(22-27)43(47-38(40)41)24-34(36(33)44)37(45)46)21-28(32)23-42(25)39(29-11-5-2-6-12-29,30-13-7-3-8-14-30)31-15-9-4-10-16-31/h2-22,24-25,38H,23H2,1H3,(H,45,46)/p-1/t25-/m1/s1. The highest BCUT2D eigenvalue weighted by Crippen LogP contribution is 2.50. The van der Waals surface area contributed by atoms with Crippen LogP contribution in [0.25, 0.3) is 22.0 Å². The van der Waals surface area contributed by atoms with Gasteiger partial charge in [0.15, 0.2) is 5.43 Å². The molecule has 0 saturated carbocycles. The van der Waals surface area contributed by atoms with Crippen LogP contribution in [0.2, 0.25) is 0 Å². The summed E-state index contributed by atoms with van der Waals surface area (Å²) < 4.78 is 27.2. The smallest absolute Gasteiger partial charge is 0.405 e. The molecule has 6 nitrogen and oxygen atoms in total. The number of aromatic nitrogens is 1. The lowest BCUT2D eigenvalue weighted by molar-refractivity contribution is -0.255. The molecule has 1 aliphatic heterocycles. The van der Waals surface area contributed by atoms with Crippen LogP contribution < -0.4 is 15.4 Å². The lowest BCUT2D eigenvalue weighted by atomic mass is 9.75. The molecule has 2 heterocycles. The molecule has 0 spiro atoms. The van der Waals surface area contributed by atoms with Gasteiger partial charge in [-0.2, -0.15) is 13.5 Å². The molecule has 234 valence electrons. The van der Waals surface area contributed by atoms with Crippen molar-refractivity contribution >= 4 is 16.9 Å². The average molecular weight is 628 g/mol. The lowest BCUT2D eigenvalue weighted by Gasteiger charge is -2.46. The van der Waals surface area contributed by atoms with Gasteiger partial charge in [-0.25, -0.2) is 0 Å². The van der Waals surface area contributed by atoms with Crippen LogP contribution in [0.4, 0.5) is 8.78 Å². The van der Waals surface area contributed by atoms with Crippen LogP contribution in [0.15, 0.2) is 138 Å². The van der Waals surface area contributed by atoms with E-state index < -0.39 is 29.1 Å². The van der Waals surface area contributed by atoms with Crippen molar-refractivity contribution in [3.8, 4) is 11.1 Å². The van der Waals surface area contributed by atoms with Crippen molar-refractivity contribution in [2.75, 3.05) is 0 Å². The summed E-state index contributed by atoms with van der Waals surface area (Å²) in [5.74, 6) is -1.78. The molecule has 8 heteroatoms. The second-order valence-corrected chi connectivity index (χ2v) is 11.6. The highest BCUT2D eigenvalue weighted by molar-refractivity contribution is 5.92. The number of hydrogen-bond acceptors (Lipinski definition) is 5. The van der Waals surface area contributed by atoms with Gasteiger partial charge in [-0.1, -0.05) is 109 Å². The maximum Gasteiger partial charge on any atom is 0.405 e. The molecule has 1 aromatic heterocycles. The first kappa shape index (κ1) is 30.1. The number of carbonyl (C=O) groups is 1. The number of fused-ring (bicyclic) bond motifs is 2. The second kappa shape index (κ2) is 12.0. The van der Waals surface area contributed by atoms with Crippen LogP contribution in [-0.4, -0.2) is 22.2 Å². The van der Waals surface area contributed by atoms with Gasteiger partial charge in [0.05, 0.1) is 28.8 Å². The van der Waals surface area contributed by atoms with Crippen LogP contribution in [0, 0.1) is 0 Å². The normalized spacial score (nSPS) is 14.8. The molecule has 0 fully saturated rings. The molecular formula is C39H29F2N2O4-. The number of carbonyl (C=O) groups excluding carboxylic acids is 1. The number of benzene rings is 5. The van der Waals surface area contributed by atoms with Gasteiger partial charge in [0.25, 0.3) is 0 Å². The van der Waals surface area contributed by atoms with Crippen molar-refractivity contribution < 1.29 is 23.5 Å². The number of aromatic carboxylic acids is 1. The third-order valence-electron chi connectivity index (χ3n) is 9.12. The van der Waals surface area contributed by atoms with E-state index in [4.69, 9.17) is 0 Å². The van der Waals surface area contributed by atoms with E-state index in [9.17, 15) is 23.5 Å². The van der Waals surface area contributed by atoms with Gasteiger partial charge in [-0.05, 0) is 64.1 Å². The Bertz CT molecular complexity index is 2060. The van der Waals surface area contributed by atoms with Crippen molar-refractivity contribution in [3.05, 3.63) is 177 Å². The average Bonchev–Trinajstić information content (AvgIpc) is 3.42. The molecule has 6 aromatic rings. The van der Waals surface area contributed by atoms with E-state index in [0.717, 1.165) is 34.0 Å². The zero-order chi connectivity index (χ0) is 32.7. The van der Waals surface area contributed by atoms with Crippen LogP contribution in [0.3, 0.4) is 0 Å². The van der Waals surface area contributed by atoms with Crippen LogP contribution >= 0.6 is 0 Å². The summed E-state index contributed by atoms with van der Waals surface area (Å²) in [4.78, 5) is 31.5. The van der Waals surface area contributed by atoms with Gasteiger partial charge in [-0.3, -0.25) is 9.69 Å². The Morgan fingerprint density at radius 3 is 1.87 bits per heavy atom. The Kier molecular flexibility index (Phi) is 7.66. The largest absolute Gasteiger partial charge is 0.545 e. The first-order chi connectivity index (χ1) is 22.8.